The molecule has 0 spiro atoms. The summed E-state index contributed by atoms with van der Waals surface area (Å²) in [5, 5.41) is 0. The minimum atomic E-state index is -4.47. The van der Waals surface area contributed by atoms with Crippen molar-refractivity contribution in [3.8, 4) is 0 Å². The summed E-state index contributed by atoms with van der Waals surface area (Å²) in [5.74, 6) is -0.256. The summed E-state index contributed by atoms with van der Waals surface area (Å²) in [6.45, 7) is 0. The number of rotatable bonds is 3. The average molecular weight is 289 g/mol. The van der Waals surface area contributed by atoms with Gasteiger partial charge in [0.2, 0.25) is 0 Å². The van der Waals surface area contributed by atoms with Crippen LogP contribution in [0, 0.1) is 11.7 Å². The number of benzene rings is 1. The Labute approximate surface area is 116 Å². The van der Waals surface area contributed by atoms with Crippen LogP contribution in [0.5, 0.6) is 0 Å². The first kappa shape index (κ1) is 15.3. The first-order valence-electron chi connectivity index (χ1n) is 7.00. The average Bonchev–Trinajstić information content (AvgIpc) is 2.39. The van der Waals surface area contributed by atoms with E-state index in [9.17, 15) is 17.6 Å². The maximum atomic E-state index is 13.7. The van der Waals surface area contributed by atoms with Crippen LogP contribution in [-0.2, 0) is 6.18 Å². The van der Waals surface area contributed by atoms with Crippen LogP contribution in [0.3, 0.4) is 0 Å². The van der Waals surface area contributed by atoms with Gasteiger partial charge in [0.05, 0.1) is 5.56 Å². The van der Waals surface area contributed by atoms with Gasteiger partial charge in [-0.1, -0.05) is 32.1 Å². The smallest absolute Gasteiger partial charge is 0.324 e. The molecular formula is C15H19F4N. The zero-order valence-corrected chi connectivity index (χ0v) is 11.2. The molecule has 0 heterocycles. The van der Waals surface area contributed by atoms with E-state index in [2.05, 4.69) is 0 Å². The van der Waals surface area contributed by atoms with Gasteiger partial charge in [-0.3, -0.25) is 0 Å². The molecule has 1 aliphatic rings. The lowest BCUT2D eigenvalue weighted by molar-refractivity contribution is -0.137. The van der Waals surface area contributed by atoms with E-state index in [4.69, 9.17) is 5.73 Å². The van der Waals surface area contributed by atoms with Crippen molar-refractivity contribution in [3.63, 3.8) is 0 Å². The van der Waals surface area contributed by atoms with E-state index in [0.717, 1.165) is 43.9 Å². The Hall–Kier alpha value is -1.10. The standard InChI is InChI=1S/C15H19F4N/c16-13-7-6-11(15(17,18)19)9-12(13)14(20)8-10-4-2-1-3-5-10/h6-7,9-10,14H,1-5,8,20H2. The van der Waals surface area contributed by atoms with E-state index in [1.165, 1.54) is 6.42 Å². The number of alkyl halides is 3. The first-order valence-corrected chi connectivity index (χ1v) is 7.00. The third-order valence-corrected chi connectivity index (χ3v) is 4.03. The van der Waals surface area contributed by atoms with Gasteiger partial charge < -0.3 is 5.73 Å². The maximum Gasteiger partial charge on any atom is 0.416 e. The summed E-state index contributed by atoms with van der Waals surface area (Å²) >= 11 is 0. The van der Waals surface area contributed by atoms with E-state index in [0.29, 0.717) is 12.3 Å². The Morgan fingerprint density at radius 3 is 2.40 bits per heavy atom. The Kier molecular flexibility index (Phi) is 4.68. The number of hydrogen-bond acceptors (Lipinski definition) is 1. The molecule has 1 aromatic rings. The highest BCUT2D eigenvalue weighted by atomic mass is 19.4. The predicted octanol–water partition coefficient (Wildman–Crippen LogP) is 4.81. The van der Waals surface area contributed by atoms with E-state index in [1.54, 1.807) is 0 Å². The van der Waals surface area contributed by atoms with Crippen molar-refractivity contribution in [3.05, 3.63) is 35.1 Å². The highest BCUT2D eigenvalue weighted by Crippen LogP contribution is 2.35. The van der Waals surface area contributed by atoms with Crippen LogP contribution in [0.2, 0.25) is 0 Å². The minimum absolute atomic E-state index is 0.0228. The summed E-state index contributed by atoms with van der Waals surface area (Å²) in [7, 11) is 0. The molecule has 112 valence electrons. The van der Waals surface area contributed by atoms with E-state index in [-0.39, 0.29) is 5.56 Å². The molecule has 2 N–H and O–H groups in total. The lowest BCUT2D eigenvalue weighted by atomic mass is 9.83. The lowest BCUT2D eigenvalue weighted by Gasteiger charge is -2.25. The Bertz CT molecular complexity index is 450. The molecule has 1 unspecified atom stereocenters. The fraction of sp³-hybridized carbons (Fsp3) is 0.600. The highest BCUT2D eigenvalue weighted by molar-refractivity contribution is 5.29. The summed E-state index contributed by atoms with van der Waals surface area (Å²) in [5.41, 5.74) is 5.07. The van der Waals surface area contributed by atoms with E-state index >= 15 is 0 Å². The van der Waals surface area contributed by atoms with Gasteiger partial charge in [-0.15, -0.1) is 0 Å². The Balaban J connectivity index is 2.13. The molecule has 1 aliphatic carbocycles. The second kappa shape index (κ2) is 6.12. The SMILES string of the molecule is NC(CC1CCCCC1)c1cc(C(F)(F)F)ccc1F. The van der Waals surface area contributed by atoms with Crippen LogP contribution in [-0.4, -0.2) is 0 Å². The fourth-order valence-electron chi connectivity index (χ4n) is 2.91. The molecule has 5 heteroatoms. The highest BCUT2D eigenvalue weighted by Gasteiger charge is 2.32. The van der Waals surface area contributed by atoms with Crippen LogP contribution in [0.25, 0.3) is 0 Å². The molecule has 0 saturated heterocycles. The number of nitrogens with two attached hydrogens (primary N) is 1. The monoisotopic (exact) mass is 289 g/mol. The molecule has 0 bridgehead atoms. The van der Waals surface area contributed by atoms with Crippen LogP contribution in [0.4, 0.5) is 17.6 Å². The number of halogens is 4. The maximum absolute atomic E-state index is 13.7. The molecule has 1 nitrogen and oxygen atoms in total. The summed E-state index contributed by atoms with van der Waals surface area (Å²) < 4.78 is 51.7. The van der Waals surface area contributed by atoms with Gasteiger partial charge in [0.15, 0.2) is 0 Å². The topological polar surface area (TPSA) is 26.0 Å². The molecule has 1 fully saturated rings. The molecule has 1 saturated carbocycles. The van der Waals surface area contributed by atoms with Crippen LogP contribution in [0.1, 0.15) is 55.7 Å². The van der Waals surface area contributed by atoms with Gasteiger partial charge in [0.1, 0.15) is 5.82 Å². The van der Waals surface area contributed by atoms with Crippen molar-refractivity contribution >= 4 is 0 Å². The Morgan fingerprint density at radius 1 is 1.15 bits per heavy atom. The molecule has 20 heavy (non-hydrogen) atoms. The van der Waals surface area contributed by atoms with Gasteiger partial charge in [0.25, 0.3) is 0 Å². The fourth-order valence-corrected chi connectivity index (χ4v) is 2.91. The molecule has 0 radical (unpaired) electrons. The van der Waals surface area contributed by atoms with Crippen molar-refractivity contribution in [2.45, 2.75) is 50.7 Å². The number of hydrogen-bond donors (Lipinski definition) is 1. The zero-order chi connectivity index (χ0) is 14.8. The van der Waals surface area contributed by atoms with Crippen LogP contribution in [0.15, 0.2) is 18.2 Å². The van der Waals surface area contributed by atoms with Gasteiger partial charge in [-0.2, -0.15) is 13.2 Å². The van der Waals surface area contributed by atoms with Crippen molar-refractivity contribution in [1.29, 1.82) is 0 Å². The van der Waals surface area contributed by atoms with Crippen molar-refractivity contribution in [2.24, 2.45) is 11.7 Å². The predicted molar refractivity (Wildman–Crippen MR) is 69.5 cm³/mol. The van der Waals surface area contributed by atoms with Gasteiger partial charge in [-0.05, 0) is 30.5 Å². The molecule has 0 aromatic heterocycles. The van der Waals surface area contributed by atoms with Crippen molar-refractivity contribution < 1.29 is 17.6 Å². The summed E-state index contributed by atoms with van der Waals surface area (Å²) in [6, 6.07) is 1.80. The zero-order valence-electron chi connectivity index (χ0n) is 11.2. The molecule has 0 aliphatic heterocycles. The third kappa shape index (κ3) is 3.72. The van der Waals surface area contributed by atoms with Crippen LogP contribution >= 0.6 is 0 Å². The van der Waals surface area contributed by atoms with E-state index in [1.807, 2.05) is 0 Å². The summed E-state index contributed by atoms with van der Waals surface area (Å²) in [6.07, 6.45) is 1.61. The largest absolute Gasteiger partial charge is 0.416 e. The second-order valence-electron chi connectivity index (χ2n) is 5.58. The van der Waals surface area contributed by atoms with Gasteiger partial charge >= 0.3 is 6.18 Å². The van der Waals surface area contributed by atoms with Crippen molar-refractivity contribution in [2.75, 3.05) is 0 Å². The van der Waals surface area contributed by atoms with E-state index < -0.39 is 23.6 Å². The molecule has 2 rings (SSSR count). The van der Waals surface area contributed by atoms with Crippen LogP contribution < -0.4 is 5.73 Å². The first-order chi connectivity index (χ1) is 9.38. The van der Waals surface area contributed by atoms with Gasteiger partial charge in [-0.25, -0.2) is 4.39 Å². The Morgan fingerprint density at radius 2 is 1.80 bits per heavy atom. The minimum Gasteiger partial charge on any atom is -0.324 e. The molecule has 1 aromatic carbocycles. The quantitative estimate of drug-likeness (QED) is 0.794. The van der Waals surface area contributed by atoms with Crippen molar-refractivity contribution in [1.82, 2.24) is 0 Å². The third-order valence-electron chi connectivity index (χ3n) is 4.03. The molecule has 0 amide bonds. The molecular weight excluding hydrogens is 270 g/mol. The summed E-state index contributed by atoms with van der Waals surface area (Å²) in [4.78, 5) is 0. The second-order valence-corrected chi connectivity index (χ2v) is 5.58. The van der Waals surface area contributed by atoms with Gasteiger partial charge in [0, 0.05) is 11.6 Å². The molecule has 1 atom stereocenters. The normalized spacial score (nSPS) is 19.1. The lowest BCUT2D eigenvalue weighted by Crippen LogP contribution is -2.19.